The Labute approximate surface area is 66.0 Å². The van der Waals surface area contributed by atoms with Crippen molar-refractivity contribution in [1.29, 1.82) is 0 Å². The van der Waals surface area contributed by atoms with Crippen LogP contribution in [-0.2, 0) is 9.53 Å². The summed E-state index contributed by atoms with van der Waals surface area (Å²) in [6.45, 7) is 4.92. The zero-order chi connectivity index (χ0) is 7.28. The van der Waals surface area contributed by atoms with Gasteiger partial charge in [0.25, 0.3) is 0 Å². The molecule has 0 bridgehead atoms. The molecule has 0 radical (unpaired) electrons. The van der Waals surface area contributed by atoms with Gasteiger partial charge in [-0.05, 0) is 6.92 Å². The van der Waals surface area contributed by atoms with Crippen molar-refractivity contribution >= 4 is 18.4 Å². The molecule has 10 heavy (non-hydrogen) atoms. The summed E-state index contributed by atoms with van der Waals surface area (Å²) in [6, 6.07) is 0. The maximum atomic E-state index is 10.5. The fourth-order valence-corrected chi connectivity index (χ4v) is 0.202. The molecule has 0 aliphatic rings. The molecule has 3 nitrogen and oxygen atoms in total. The van der Waals surface area contributed by atoms with E-state index < -0.39 is 5.97 Å². The van der Waals surface area contributed by atoms with Gasteiger partial charge in [0.1, 0.15) is 6.26 Å². The lowest BCUT2D eigenvalue weighted by Crippen LogP contribution is -1.99. The highest BCUT2D eigenvalue weighted by Gasteiger charge is 1.97. The number of hydrogen-bond donors (Lipinski definition) is 1. The zero-order valence-corrected chi connectivity index (χ0v) is 6.48. The van der Waals surface area contributed by atoms with Crippen LogP contribution in [0.1, 0.15) is 6.92 Å². The van der Waals surface area contributed by atoms with Gasteiger partial charge in [0.2, 0.25) is 0 Å². The van der Waals surface area contributed by atoms with Crippen LogP contribution in [0.4, 0.5) is 0 Å². The van der Waals surface area contributed by atoms with Crippen molar-refractivity contribution < 1.29 is 9.53 Å². The van der Waals surface area contributed by atoms with E-state index in [1.54, 1.807) is 6.92 Å². The normalized spacial score (nSPS) is 8.50. The van der Waals surface area contributed by atoms with Crippen molar-refractivity contribution in [2.75, 3.05) is 0 Å². The number of rotatable bonds is 2. The Kier molecular flexibility index (Phi) is 7.27. The van der Waals surface area contributed by atoms with E-state index in [1.807, 2.05) is 0 Å². The van der Waals surface area contributed by atoms with E-state index in [1.165, 1.54) is 0 Å². The summed E-state index contributed by atoms with van der Waals surface area (Å²) in [7, 11) is 0. The predicted molar refractivity (Wildman–Crippen MR) is 41.5 cm³/mol. The second kappa shape index (κ2) is 6.16. The largest absolute Gasteiger partial charge is 0.430 e. The van der Waals surface area contributed by atoms with Gasteiger partial charge >= 0.3 is 5.97 Å². The van der Waals surface area contributed by atoms with E-state index in [2.05, 4.69) is 11.3 Å². The van der Waals surface area contributed by atoms with Crippen LogP contribution in [0, 0.1) is 0 Å². The standard InChI is InChI=1S/C6H9NO2.ClH/c1-5(2)6(8)9-4-3-7;/h3-4H,1,7H2,2H3;1H. The highest BCUT2D eigenvalue weighted by atomic mass is 35.5. The fraction of sp³-hybridized carbons (Fsp3) is 0.167. The maximum Gasteiger partial charge on any atom is 0.337 e. The van der Waals surface area contributed by atoms with Crippen molar-refractivity contribution in [3.8, 4) is 0 Å². The molecule has 0 aliphatic heterocycles. The minimum absolute atomic E-state index is 0. The first-order chi connectivity index (χ1) is 4.18. The minimum Gasteiger partial charge on any atom is -0.430 e. The van der Waals surface area contributed by atoms with E-state index in [9.17, 15) is 4.79 Å². The Bertz CT molecular complexity index is 154. The summed E-state index contributed by atoms with van der Waals surface area (Å²) in [4.78, 5) is 10.5. The van der Waals surface area contributed by atoms with Gasteiger partial charge in [0.15, 0.2) is 0 Å². The average Bonchev–Trinajstić information content (AvgIpc) is 1.82. The maximum absolute atomic E-state index is 10.5. The van der Waals surface area contributed by atoms with Gasteiger partial charge in [-0.2, -0.15) is 0 Å². The average molecular weight is 164 g/mol. The molecule has 0 saturated heterocycles. The van der Waals surface area contributed by atoms with Crippen LogP contribution in [0.5, 0.6) is 0 Å². The van der Waals surface area contributed by atoms with Crippen molar-refractivity contribution in [3.63, 3.8) is 0 Å². The summed E-state index contributed by atoms with van der Waals surface area (Å²) < 4.78 is 4.41. The van der Waals surface area contributed by atoms with Crippen LogP contribution in [0.15, 0.2) is 24.6 Å². The number of carbonyl (C=O) groups is 1. The predicted octanol–water partition coefficient (Wildman–Crippen LogP) is 0.957. The fourth-order valence-electron chi connectivity index (χ4n) is 0.202. The lowest BCUT2D eigenvalue weighted by Gasteiger charge is -1.93. The molecule has 58 valence electrons. The number of carbonyl (C=O) groups excluding carboxylic acids is 1. The summed E-state index contributed by atoms with van der Waals surface area (Å²) >= 11 is 0. The Hall–Kier alpha value is -0.960. The summed E-state index contributed by atoms with van der Waals surface area (Å²) in [6.07, 6.45) is 2.25. The molecule has 0 aliphatic carbocycles. The van der Waals surface area contributed by atoms with Crippen molar-refractivity contribution in [3.05, 3.63) is 24.6 Å². The van der Waals surface area contributed by atoms with Crippen LogP contribution >= 0.6 is 12.4 Å². The Balaban J connectivity index is 0. The molecule has 0 aromatic rings. The van der Waals surface area contributed by atoms with Crippen LogP contribution in [0.3, 0.4) is 0 Å². The molecule has 0 amide bonds. The lowest BCUT2D eigenvalue weighted by molar-refractivity contribution is -0.133. The van der Waals surface area contributed by atoms with Crippen LogP contribution < -0.4 is 5.73 Å². The topological polar surface area (TPSA) is 52.3 Å². The number of ether oxygens (including phenoxy) is 1. The van der Waals surface area contributed by atoms with Gasteiger partial charge in [0.05, 0.1) is 0 Å². The van der Waals surface area contributed by atoms with E-state index in [4.69, 9.17) is 5.73 Å². The van der Waals surface area contributed by atoms with E-state index >= 15 is 0 Å². The van der Waals surface area contributed by atoms with Gasteiger partial charge in [-0.15, -0.1) is 12.4 Å². The second-order valence-electron chi connectivity index (χ2n) is 1.51. The quantitative estimate of drug-likeness (QED) is 0.375. The third kappa shape index (κ3) is 5.18. The number of esters is 1. The van der Waals surface area contributed by atoms with Gasteiger partial charge in [-0.1, -0.05) is 6.58 Å². The Morgan fingerprint density at radius 2 is 2.20 bits per heavy atom. The van der Waals surface area contributed by atoms with E-state index in [0.29, 0.717) is 5.57 Å². The summed E-state index contributed by atoms with van der Waals surface area (Å²) in [5, 5.41) is 0. The summed E-state index contributed by atoms with van der Waals surface area (Å²) in [5.74, 6) is -0.461. The van der Waals surface area contributed by atoms with Crippen molar-refractivity contribution in [2.24, 2.45) is 5.73 Å². The molecule has 0 unspecified atom stereocenters. The first-order valence-corrected chi connectivity index (χ1v) is 2.41. The molecule has 0 atom stereocenters. The molecule has 0 spiro atoms. The van der Waals surface area contributed by atoms with Gasteiger partial charge in [-0.25, -0.2) is 4.79 Å². The highest BCUT2D eigenvalue weighted by molar-refractivity contribution is 5.87. The minimum atomic E-state index is -0.461. The smallest absolute Gasteiger partial charge is 0.337 e. The molecule has 4 heteroatoms. The second-order valence-corrected chi connectivity index (χ2v) is 1.51. The molecule has 0 heterocycles. The van der Waals surface area contributed by atoms with Crippen LogP contribution in [-0.4, -0.2) is 5.97 Å². The highest BCUT2D eigenvalue weighted by Crippen LogP contribution is 1.90. The van der Waals surface area contributed by atoms with Crippen LogP contribution in [0.25, 0.3) is 0 Å². The third-order valence-corrected chi connectivity index (χ3v) is 0.602. The third-order valence-electron chi connectivity index (χ3n) is 0.602. The molecule has 0 aromatic carbocycles. The molecular formula is C6H10ClNO2. The number of hydrogen-bond acceptors (Lipinski definition) is 3. The monoisotopic (exact) mass is 163 g/mol. The molecule has 0 fully saturated rings. The number of halogens is 1. The van der Waals surface area contributed by atoms with Gasteiger partial charge < -0.3 is 10.5 Å². The molecule has 0 aromatic heterocycles. The Morgan fingerprint density at radius 1 is 1.70 bits per heavy atom. The van der Waals surface area contributed by atoms with Crippen molar-refractivity contribution in [2.45, 2.75) is 6.92 Å². The van der Waals surface area contributed by atoms with Crippen LogP contribution in [0.2, 0.25) is 0 Å². The van der Waals surface area contributed by atoms with Gasteiger partial charge in [-0.3, -0.25) is 0 Å². The van der Waals surface area contributed by atoms with E-state index in [-0.39, 0.29) is 12.4 Å². The molecule has 0 saturated carbocycles. The first kappa shape index (κ1) is 11.8. The molecule has 2 N–H and O–H groups in total. The zero-order valence-electron chi connectivity index (χ0n) is 5.66. The SMILES string of the molecule is C=C(C)C(=O)OC=CN.Cl. The molecular weight excluding hydrogens is 154 g/mol. The van der Waals surface area contributed by atoms with Crippen molar-refractivity contribution in [1.82, 2.24) is 0 Å². The molecule has 0 rings (SSSR count). The van der Waals surface area contributed by atoms with E-state index in [0.717, 1.165) is 12.5 Å². The lowest BCUT2D eigenvalue weighted by atomic mass is 10.4. The van der Waals surface area contributed by atoms with Gasteiger partial charge in [0, 0.05) is 11.8 Å². The summed E-state index contributed by atoms with van der Waals surface area (Å²) in [5.41, 5.74) is 5.24. The number of nitrogens with two attached hydrogens (primary N) is 1. The Morgan fingerprint density at radius 3 is 2.50 bits per heavy atom. The first-order valence-electron chi connectivity index (χ1n) is 2.41.